The minimum atomic E-state index is 0.298. The molecule has 0 spiro atoms. The molecule has 4 heteroatoms. The van der Waals surface area contributed by atoms with Crippen LogP contribution in [0.2, 0.25) is 0 Å². The van der Waals surface area contributed by atoms with Gasteiger partial charge >= 0.3 is 0 Å². The minimum Gasteiger partial charge on any atom is -0.489 e. The third kappa shape index (κ3) is 4.39. The van der Waals surface area contributed by atoms with Crippen molar-refractivity contribution >= 4 is 5.91 Å². The monoisotopic (exact) mass is 379 g/mol. The SMILES string of the molecule is COC1CC2CCC(C1)N2C(=O)CCc1ccc(OCc2ccccc2)cc1. The highest BCUT2D eigenvalue weighted by Crippen LogP contribution is 2.37. The van der Waals surface area contributed by atoms with E-state index >= 15 is 0 Å². The Labute approximate surface area is 167 Å². The van der Waals surface area contributed by atoms with E-state index in [0.29, 0.717) is 37.1 Å². The average Bonchev–Trinajstić information content (AvgIpc) is 3.01. The topological polar surface area (TPSA) is 38.8 Å². The highest BCUT2D eigenvalue weighted by molar-refractivity contribution is 5.77. The van der Waals surface area contributed by atoms with Crippen molar-refractivity contribution in [2.45, 2.75) is 63.3 Å². The first kappa shape index (κ1) is 19.0. The van der Waals surface area contributed by atoms with Crippen LogP contribution in [-0.4, -0.2) is 36.1 Å². The number of aryl methyl sites for hydroxylation is 1. The van der Waals surface area contributed by atoms with Gasteiger partial charge in [-0.1, -0.05) is 42.5 Å². The van der Waals surface area contributed by atoms with Crippen LogP contribution in [0.1, 0.15) is 43.2 Å². The molecule has 2 bridgehead atoms. The molecule has 0 radical (unpaired) electrons. The fourth-order valence-electron chi connectivity index (χ4n) is 4.60. The van der Waals surface area contributed by atoms with Gasteiger partial charge in [0.1, 0.15) is 12.4 Å². The van der Waals surface area contributed by atoms with Crippen molar-refractivity contribution < 1.29 is 14.3 Å². The standard InChI is InChI=1S/C24H29NO3/c1-27-23-15-20-10-11-21(16-23)25(20)24(26)14-9-18-7-12-22(13-8-18)28-17-19-5-3-2-4-6-19/h2-8,12-13,20-21,23H,9-11,14-17H2,1H3. The number of methoxy groups -OCH3 is 1. The molecule has 1 amide bonds. The summed E-state index contributed by atoms with van der Waals surface area (Å²) < 4.78 is 11.4. The van der Waals surface area contributed by atoms with Gasteiger partial charge in [0.25, 0.3) is 0 Å². The van der Waals surface area contributed by atoms with Gasteiger partial charge < -0.3 is 14.4 Å². The summed E-state index contributed by atoms with van der Waals surface area (Å²) in [6.07, 6.45) is 5.92. The third-order valence-corrected chi connectivity index (χ3v) is 6.11. The fraction of sp³-hybridized carbons (Fsp3) is 0.458. The van der Waals surface area contributed by atoms with E-state index in [1.54, 1.807) is 7.11 Å². The number of fused-ring (bicyclic) bond motifs is 2. The molecule has 4 nitrogen and oxygen atoms in total. The Kier molecular flexibility index (Phi) is 5.96. The number of piperidine rings is 1. The summed E-state index contributed by atoms with van der Waals surface area (Å²) >= 11 is 0. The van der Waals surface area contributed by atoms with E-state index in [9.17, 15) is 4.79 Å². The summed E-state index contributed by atoms with van der Waals surface area (Å²) in [5.41, 5.74) is 2.34. The number of amides is 1. The summed E-state index contributed by atoms with van der Waals surface area (Å²) in [6, 6.07) is 19.0. The highest BCUT2D eigenvalue weighted by Gasteiger charge is 2.42. The number of hydrogen-bond donors (Lipinski definition) is 0. The van der Waals surface area contributed by atoms with Crippen molar-refractivity contribution in [3.05, 3.63) is 65.7 Å². The molecule has 2 unspecified atom stereocenters. The van der Waals surface area contributed by atoms with E-state index in [1.165, 1.54) is 5.56 Å². The summed E-state index contributed by atoms with van der Waals surface area (Å²) in [5, 5.41) is 0. The lowest BCUT2D eigenvalue weighted by Gasteiger charge is -2.38. The number of nitrogens with zero attached hydrogens (tertiary/aromatic N) is 1. The molecule has 2 aliphatic rings. The quantitative estimate of drug-likeness (QED) is 0.717. The van der Waals surface area contributed by atoms with E-state index in [2.05, 4.69) is 29.2 Å². The Hall–Kier alpha value is -2.33. The van der Waals surface area contributed by atoms with Crippen LogP contribution in [0.15, 0.2) is 54.6 Å². The zero-order valence-corrected chi connectivity index (χ0v) is 16.5. The van der Waals surface area contributed by atoms with Gasteiger partial charge in [-0.25, -0.2) is 0 Å². The van der Waals surface area contributed by atoms with Crippen LogP contribution in [0, 0.1) is 0 Å². The predicted molar refractivity (Wildman–Crippen MR) is 109 cm³/mol. The highest BCUT2D eigenvalue weighted by atomic mass is 16.5. The maximum Gasteiger partial charge on any atom is 0.223 e. The smallest absolute Gasteiger partial charge is 0.223 e. The van der Waals surface area contributed by atoms with Gasteiger partial charge in [0.15, 0.2) is 0 Å². The molecule has 2 heterocycles. The third-order valence-electron chi connectivity index (χ3n) is 6.11. The molecule has 2 atom stereocenters. The first-order valence-electron chi connectivity index (χ1n) is 10.3. The normalized spacial score (nSPS) is 23.6. The Morgan fingerprint density at radius 2 is 1.64 bits per heavy atom. The van der Waals surface area contributed by atoms with Crippen molar-refractivity contribution in [1.82, 2.24) is 4.90 Å². The summed E-state index contributed by atoms with van der Waals surface area (Å²) in [6.45, 7) is 0.568. The molecule has 2 saturated heterocycles. The minimum absolute atomic E-state index is 0.298. The zero-order chi connectivity index (χ0) is 19.3. The lowest BCUT2D eigenvalue weighted by molar-refractivity contribution is -0.137. The first-order valence-corrected chi connectivity index (χ1v) is 10.3. The second-order valence-electron chi connectivity index (χ2n) is 7.93. The Balaban J connectivity index is 1.26. The van der Waals surface area contributed by atoms with Gasteiger partial charge in [-0.3, -0.25) is 4.79 Å². The lowest BCUT2D eigenvalue weighted by atomic mass is 9.98. The second-order valence-corrected chi connectivity index (χ2v) is 7.93. The number of rotatable bonds is 7. The molecule has 148 valence electrons. The summed E-state index contributed by atoms with van der Waals surface area (Å²) in [7, 11) is 1.79. The Morgan fingerprint density at radius 1 is 0.964 bits per heavy atom. The molecule has 28 heavy (non-hydrogen) atoms. The molecular formula is C24H29NO3. The van der Waals surface area contributed by atoms with E-state index < -0.39 is 0 Å². The van der Waals surface area contributed by atoms with Crippen molar-refractivity contribution in [1.29, 1.82) is 0 Å². The van der Waals surface area contributed by atoms with Gasteiger partial charge in [-0.15, -0.1) is 0 Å². The number of carbonyl (C=O) groups is 1. The largest absolute Gasteiger partial charge is 0.489 e. The van der Waals surface area contributed by atoms with Gasteiger partial charge in [-0.2, -0.15) is 0 Å². The molecule has 4 rings (SSSR count). The van der Waals surface area contributed by atoms with Crippen LogP contribution in [0.3, 0.4) is 0 Å². The zero-order valence-electron chi connectivity index (χ0n) is 16.5. The van der Waals surface area contributed by atoms with Crippen LogP contribution in [0.4, 0.5) is 0 Å². The maximum absolute atomic E-state index is 12.8. The predicted octanol–water partition coefficient (Wildman–Crippen LogP) is 4.37. The van der Waals surface area contributed by atoms with Crippen molar-refractivity contribution in [2.75, 3.05) is 7.11 Å². The lowest BCUT2D eigenvalue weighted by Crippen LogP contribution is -2.48. The number of benzene rings is 2. The van der Waals surface area contributed by atoms with Gasteiger partial charge in [0.05, 0.1) is 6.10 Å². The van der Waals surface area contributed by atoms with Crippen molar-refractivity contribution in [3.63, 3.8) is 0 Å². The molecule has 0 aromatic heterocycles. The molecule has 0 saturated carbocycles. The van der Waals surface area contributed by atoms with Crippen molar-refractivity contribution in [2.24, 2.45) is 0 Å². The average molecular weight is 380 g/mol. The van der Waals surface area contributed by atoms with Crippen LogP contribution < -0.4 is 4.74 Å². The molecule has 2 aromatic carbocycles. The van der Waals surface area contributed by atoms with Gasteiger partial charge in [0, 0.05) is 25.6 Å². The van der Waals surface area contributed by atoms with Crippen LogP contribution in [0.25, 0.3) is 0 Å². The molecule has 2 fully saturated rings. The number of carbonyl (C=O) groups excluding carboxylic acids is 1. The molecule has 0 aliphatic carbocycles. The Bertz CT molecular complexity index is 760. The summed E-state index contributed by atoms with van der Waals surface area (Å²) in [4.78, 5) is 15.0. The van der Waals surface area contributed by atoms with Crippen molar-refractivity contribution in [3.8, 4) is 5.75 Å². The van der Waals surface area contributed by atoms with E-state index in [-0.39, 0.29) is 0 Å². The Morgan fingerprint density at radius 3 is 2.29 bits per heavy atom. The molecule has 2 aromatic rings. The van der Waals surface area contributed by atoms with Crippen LogP contribution in [-0.2, 0) is 22.6 Å². The van der Waals surface area contributed by atoms with Gasteiger partial charge in [-0.05, 0) is 55.4 Å². The summed E-state index contributed by atoms with van der Waals surface area (Å²) in [5.74, 6) is 1.16. The van der Waals surface area contributed by atoms with Gasteiger partial charge in [0.2, 0.25) is 5.91 Å². The molecule has 0 N–H and O–H groups in total. The molecular weight excluding hydrogens is 350 g/mol. The maximum atomic E-state index is 12.8. The van der Waals surface area contributed by atoms with Crippen LogP contribution in [0.5, 0.6) is 5.75 Å². The second kappa shape index (κ2) is 8.78. The van der Waals surface area contributed by atoms with E-state index in [0.717, 1.165) is 43.4 Å². The first-order chi connectivity index (χ1) is 13.7. The van der Waals surface area contributed by atoms with Crippen LogP contribution >= 0.6 is 0 Å². The number of ether oxygens (including phenoxy) is 2. The number of hydrogen-bond acceptors (Lipinski definition) is 3. The fourth-order valence-corrected chi connectivity index (χ4v) is 4.60. The van der Waals surface area contributed by atoms with E-state index in [1.807, 2.05) is 30.3 Å². The van der Waals surface area contributed by atoms with E-state index in [4.69, 9.17) is 9.47 Å². The molecule has 2 aliphatic heterocycles.